The van der Waals surface area contributed by atoms with Crippen LogP contribution in [0.5, 0.6) is 0 Å². The highest BCUT2D eigenvalue weighted by Crippen LogP contribution is 2.59. The van der Waals surface area contributed by atoms with Crippen LogP contribution in [0, 0.1) is 32.5 Å². The van der Waals surface area contributed by atoms with Crippen molar-refractivity contribution < 1.29 is 69.4 Å². The Morgan fingerprint density at radius 1 is 0.432 bits per heavy atom. The van der Waals surface area contributed by atoms with Gasteiger partial charge in [0.2, 0.25) is 11.8 Å². The summed E-state index contributed by atoms with van der Waals surface area (Å²) in [5, 5.41) is 7.01. The van der Waals surface area contributed by atoms with Gasteiger partial charge in [0.05, 0.1) is 40.0 Å². The van der Waals surface area contributed by atoms with Gasteiger partial charge in [-0.2, -0.15) is 0 Å². The summed E-state index contributed by atoms with van der Waals surface area (Å²) < 4.78 is 67.4. The number of benzene rings is 3. The summed E-state index contributed by atoms with van der Waals surface area (Å²) in [6.07, 6.45) is -0.847. The molecule has 5 amide bonds. The van der Waals surface area contributed by atoms with Gasteiger partial charge in [-0.05, 0) is 164 Å². The zero-order valence-electron chi connectivity index (χ0n) is 61.8. The Morgan fingerprint density at radius 3 is 0.958 bits per heavy atom. The molecule has 3 aromatic carbocycles. The Bertz CT molecular complexity index is 3120. The van der Waals surface area contributed by atoms with Crippen molar-refractivity contribution in [2.75, 3.05) is 5.75 Å². The highest BCUT2D eigenvalue weighted by Gasteiger charge is 2.49. The van der Waals surface area contributed by atoms with Crippen LogP contribution in [-0.4, -0.2) is 105 Å². The lowest BCUT2D eigenvalue weighted by molar-refractivity contribution is -0.125. The molecule has 5 atom stereocenters. The Morgan fingerprint density at radius 2 is 0.716 bits per heavy atom. The van der Waals surface area contributed by atoms with Gasteiger partial charge in [0.15, 0.2) is 17.3 Å². The maximum atomic E-state index is 12.2. The van der Waals surface area contributed by atoms with Crippen molar-refractivity contribution in [3.05, 3.63) is 96.6 Å². The topological polar surface area (TPSA) is 293 Å². The maximum absolute atomic E-state index is 12.2. The van der Waals surface area contributed by atoms with Gasteiger partial charge in [-0.3, -0.25) is 24.0 Å². The van der Waals surface area contributed by atoms with Crippen LogP contribution in [0.4, 0.5) is 14.4 Å². The van der Waals surface area contributed by atoms with E-state index in [1.54, 1.807) is 74.4 Å². The number of carbonyl (C=O) groups is 8. The van der Waals surface area contributed by atoms with Crippen LogP contribution < -0.4 is 25.4 Å². The number of ketones is 3. The van der Waals surface area contributed by atoms with Crippen molar-refractivity contribution in [1.29, 1.82) is 0 Å². The molecule has 20 nitrogen and oxygen atoms in total. The van der Waals surface area contributed by atoms with Gasteiger partial charge >= 0.3 is 18.3 Å². The molecule has 0 saturated heterocycles. The molecule has 0 aliphatic carbocycles. The molecule has 24 heteroatoms. The number of hydrogen-bond donors (Lipinski definition) is 5. The molecule has 0 aliphatic rings. The van der Waals surface area contributed by atoms with Crippen molar-refractivity contribution in [2.24, 2.45) is 32.5 Å². The molecular weight excluding hydrogens is 1290 g/mol. The quantitative estimate of drug-likeness (QED) is 0.0584. The summed E-state index contributed by atoms with van der Waals surface area (Å²) in [6.45, 7) is 55.1. The van der Waals surface area contributed by atoms with Crippen molar-refractivity contribution in [1.82, 2.24) is 25.4 Å². The number of alkyl carbamates (subject to hydrolysis) is 3. The Hall–Kier alpha value is -6.11. The number of rotatable bonds is 22. The molecule has 0 saturated carbocycles. The summed E-state index contributed by atoms with van der Waals surface area (Å²) in [7, 11) is -8.55. The SMILES string of the molecule is CC(=O)[C@H](CC(=O)NS(=O)(=O)c1ccccc1)NC(=O)OC(C)(C)C.CC(=O)[C@H](CC(=O)NS(=O)(=O)c1ccccc1)NC(=O)OC(C)(C)C.CC(C)(C)C(C)(C)CC(C)(CC(C)(C)C(C)(C)C)C(C)(C)C.CCS(=S)[C@H](c1ccccc1)[C@H](NC(=O)OC(C)(C)C)C(C)=O. The minimum atomic E-state index is -4.04. The third-order valence-electron chi connectivity index (χ3n) is 16.4. The Labute approximate surface area is 577 Å². The first-order valence-electron chi connectivity index (χ1n) is 31.8. The normalized spacial score (nSPS) is 14.2. The minimum Gasteiger partial charge on any atom is -0.444 e. The van der Waals surface area contributed by atoms with Gasteiger partial charge in [-0.1, -0.05) is 182 Å². The molecule has 0 spiro atoms. The minimum absolute atomic E-state index is 0.0807. The zero-order valence-corrected chi connectivity index (χ0v) is 65.0. The number of nitrogens with one attached hydrogen (secondary N) is 5. The smallest absolute Gasteiger partial charge is 0.408 e. The summed E-state index contributed by atoms with van der Waals surface area (Å²) in [5.74, 6) is -2.20. The largest absolute Gasteiger partial charge is 0.444 e. The van der Waals surface area contributed by atoms with Crippen molar-refractivity contribution >= 4 is 88.1 Å². The predicted molar refractivity (Wildman–Crippen MR) is 382 cm³/mol. The van der Waals surface area contributed by atoms with Gasteiger partial charge in [-0.25, -0.2) is 40.7 Å². The summed E-state index contributed by atoms with van der Waals surface area (Å²) in [6, 6.07) is 21.2. The Kier molecular flexibility index (Phi) is 33.6. The number of ether oxygens (including phenoxy) is 3. The van der Waals surface area contributed by atoms with Gasteiger partial charge in [0.1, 0.15) is 22.8 Å². The van der Waals surface area contributed by atoms with Crippen LogP contribution in [0.15, 0.2) is 101 Å². The second kappa shape index (κ2) is 35.9. The molecule has 3 aromatic rings. The van der Waals surface area contributed by atoms with Crippen LogP contribution in [0.25, 0.3) is 0 Å². The van der Waals surface area contributed by atoms with Crippen LogP contribution in [0.1, 0.15) is 223 Å². The first-order chi connectivity index (χ1) is 42.6. The summed E-state index contributed by atoms with van der Waals surface area (Å²) in [4.78, 5) is 94.8. The van der Waals surface area contributed by atoms with E-state index >= 15 is 0 Å². The molecule has 0 fully saturated rings. The average molecular weight is 1410 g/mol. The molecule has 95 heavy (non-hydrogen) atoms. The van der Waals surface area contributed by atoms with E-state index in [1.165, 1.54) is 82.1 Å². The van der Waals surface area contributed by atoms with E-state index in [4.69, 9.17) is 25.4 Å². The van der Waals surface area contributed by atoms with E-state index in [9.17, 15) is 55.2 Å². The lowest BCUT2D eigenvalue weighted by atomic mass is 9.50. The van der Waals surface area contributed by atoms with Gasteiger partial charge < -0.3 is 30.2 Å². The lowest BCUT2D eigenvalue weighted by Gasteiger charge is -2.55. The first-order valence-corrected chi connectivity index (χ1v) is 37.1. The van der Waals surface area contributed by atoms with E-state index in [1.807, 2.05) is 46.7 Å². The standard InChI is InChI=1S/C22H46.C17H25NO3S2.2C16H22N2O6S/c1-17(2,3)20(10,11)15-22(14,19(7,8)9)16-21(12,13)18(4,5)6;1-6-23(22)15(13-10-8-7-9-11-13)14(12(2)19)18-16(20)21-17(3,4)5;2*1-11(19)13(17-15(21)24-16(2,3)4)10-14(20)18-25(22,23)12-8-6-5-7-9-12/h15-16H2,1-14H3;7-11,14-15H,6H2,1-5H3,(H,18,20);2*5-9,13H,10H2,1-4H3,(H,17,21)(H,18,20)/t;14-,15-,23?;2*13-/m.100/s1. The lowest BCUT2D eigenvalue weighted by Crippen LogP contribution is -2.47. The number of carbonyl (C=O) groups excluding carboxylic acids is 8. The number of hydrogen-bond acceptors (Lipinski definition) is 16. The van der Waals surface area contributed by atoms with E-state index in [0.29, 0.717) is 32.5 Å². The van der Waals surface area contributed by atoms with E-state index in [0.717, 1.165) is 11.3 Å². The van der Waals surface area contributed by atoms with Crippen molar-refractivity contribution in [3.63, 3.8) is 0 Å². The second-order valence-electron chi connectivity index (χ2n) is 31.4. The molecule has 0 aliphatic heterocycles. The highest BCUT2D eigenvalue weighted by molar-refractivity contribution is 8.29. The number of amides is 5. The van der Waals surface area contributed by atoms with Crippen LogP contribution in [-0.2, 0) is 78.9 Å². The summed E-state index contributed by atoms with van der Waals surface area (Å²) in [5.41, 5.74) is 0.716. The third-order valence-corrected chi connectivity index (χ3v) is 22.2. The summed E-state index contributed by atoms with van der Waals surface area (Å²) >= 11 is 5.58. The van der Waals surface area contributed by atoms with Crippen molar-refractivity contribution in [2.45, 2.75) is 263 Å². The zero-order chi connectivity index (χ0) is 74.5. The van der Waals surface area contributed by atoms with Gasteiger partial charge in [-0.15, -0.1) is 9.45 Å². The maximum Gasteiger partial charge on any atom is 0.408 e. The average Bonchev–Trinajstić information content (AvgIpc) is 0.762. The third kappa shape index (κ3) is 33.1. The molecule has 1 unspecified atom stereocenters. The Balaban J connectivity index is 0.00000124. The number of sulfonamides is 2. The fraction of sp³-hybridized carbons (Fsp3) is 0.634. The molecule has 0 heterocycles. The fourth-order valence-corrected chi connectivity index (χ4v) is 12.9. The molecule has 0 bridgehead atoms. The highest BCUT2D eigenvalue weighted by atomic mass is 32.8. The molecule has 3 rings (SSSR count). The molecule has 0 aromatic heterocycles. The monoisotopic (exact) mass is 1410 g/mol. The van der Waals surface area contributed by atoms with Gasteiger partial charge in [0.25, 0.3) is 20.0 Å². The van der Waals surface area contributed by atoms with Crippen molar-refractivity contribution in [3.8, 4) is 0 Å². The van der Waals surface area contributed by atoms with E-state index < -0.39 is 119 Å². The van der Waals surface area contributed by atoms with Crippen LogP contribution >= 0.6 is 0 Å². The van der Waals surface area contributed by atoms with E-state index in [-0.39, 0.29) is 20.8 Å². The van der Waals surface area contributed by atoms with Crippen LogP contribution in [0.2, 0.25) is 0 Å². The predicted octanol–water partition coefficient (Wildman–Crippen LogP) is 14.0. The molecular formula is C71H115N5O15S4. The van der Waals surface area contributed by atoms with Gasteiger partial charge in [0, 0.05) is 0 Å². The number of Topliss-reactive ketones (excluding diaryl/α,β-unsaturated/α-hetero) is 3. The van der Waals surface area contributed by atoms with Crippen LogP contribution in [0.3, 0.4) is 0 Å². The second-order valence-corrected chi connectivity index (χ2v) is 37.9. The molecule has 538 valence electrons. The molecule has 5 N–H and O–H groups in total. The molecule has 0 radical (unpaired) electrons. The fourth-order valence-electron chi connectivity index (χ4n) is 8.78. The van der Waals surface area contributed by atoms with E-state index in [2.05, 4.69) is 113 Å². The first kappa shape index (κ1) is 88.9.